The van der Waals surface area contributed by atoms with E-state index in [2.05, 4.69) is 17.1 Å². The zero-order valence-corrected chi connectivity index (χ0v) is 16.8. The van der Waals surface area contributed by atoms with Gasteiger partial charge in [-0.25, -0.2) is 9.97 Å². The normalized spacial score (nSPS) is 17.7. The molecule has 0 spiro atoms. The van der Waals surface area contributed by atoms with Crippen LogP contribution in [0.4, 0.5) is 5.82 Å². The smallest absolute Gasteiger partial charge is 0.221 e. The highest BCUT2D eigenvalue weighted by atomic mass is 35.5. The number of halogens is 1. The summed E-state index contributed by atoms with van der Waals surface area (Å²) in [5.74, 6) is 2.48. The van der Waals surface area contributed by atoms with Gasteiger partial charge in [0.25, 0.3) is 0 Å². The average Bonchev–Trinajstić information content (AvgIpc) is 3.54. The Hall–Kier alpha value is -1.88. The second-order valence-electron chi connectivity index (χ2n) is 7.89. The second kappa shape index (κ2) is 7.63. The summed E-state index contributed by atoms with van der Waals surface area (Å²) in [6, 6.07) is 6.53. The van der Waals surface area contributed by atoms with E-state index in [4.69, 9.17) is 21.6 Å². The van der Waals surface area contributed by atoms with Crippen LogP contribution in [0.5, 0.6) is 0 Å². The van der Waals surface area contributed by atoms with Crippen LogP contribution >= 0.6 is 11.6 Å². The van der Waals surface area contributed by atoms with Gasteiger partial charge in [-0.3, -0.25) is 4.79 Å². The first-order valence-corrected chi connectivity index (χ1v) is 10.5. The highest BCUT2D eigenvalue weighted by Crippen LogP contribution is 2.41. The van der Waals surface area contributed by atoms with Gasteiger partial charge in [0.2, 0.25) is 5.91 Å². The maximum atomic E-state index is 12.3. The van der Waals surface area contributed by atoms with Gasteiger partial charge in [-0.05, 0) is 57.2 Å². The molecule has 1 amide bonds. The fourth-order valence-electron chi connectivity index (χ4n) is 3.37. The fraction of sp³-hybridized carbons (Fsp3) is 0.571. The van der Waals surface area contributed by atoms with Crippen LogP contribution in [0.2, 0.25) is 5.02 Å². The Balaban J connectivity index is 1.62. The Morgan fingerprint density at radius 1 is 1.30 bits per heavy atom. The summed E-state index contributed by atoms with van der Waals surface area (Å²) in [4.78, 5) is 24.3. The number of carbonyl (C=O) groups excluding carboxylic acids is 1. The van der Waals surface area contributed by atoms with Crippen LogP contribution in [0, 0.1) is 0 Å². The summed E-state index contributed by atoms with van der Waals surface area (Å²) >= 11 is 6.21. The predicted molar refractivity (Wildman–Crippen MR) is 109 cm³/mol. The molecule has 1 atom stereocenters. The Labute approximate surface area is 165 Å². The molecule has 1 aromatic heterocycles. The Kier molecular flexibility index (Phi) is 5.22. The maximum absolute atomic E-state index is 12.3. The van der Waals surface area contributed by atoms with E-state index in [1.165, 1.54) is 0 Å². The topological polar surface area (TPSA) is 58.1 Å². The summed E-state index contributed by atoms with van der Waals surface area (Å²) in [6.07, 6.45) is 6.06. The zero-order valence-electron chi connectivity index (χ0n) is 16.0. The number of rotatable bonds is 8. The number of benzene rings is 1. The fourth-order valence-corrected chi connectivity index (χ4v) is 3.53. The summed E-state index contributed by atoms with van der Waals surface area (Å²) in [5.41, 5.74) is 0.907. The molecule has 0 radical (unpaired) electrons. The van der Waals surface area contributed by atoms with E-state index in [9.17, 15) is 4.79 Å². The molecule has 1 aromatic carbocycles. The molecule has 0 unspecified atom stereocenters. The van der Waals surface area contributed by atoms with Gasteiger partial charge < -0.3 is 10.2 Å². The van der Waals surface area contributed by atoms with Crippen molar-refractivity contribution in [1.29, 1.82) is 0 Å². The number of aromatic nitrogens is 2. The van der Waals surface area contributed by atoms with Crippen molar-refractivity contribution < 1.29 is 4.79 Å². The molecule has 2 fully saturated rings. The molecule has 2 saturated carbocycles. The second-order valence-corrected chi connectivity index (χ2v) is 8.33. The molecule has 1 heterocycles. The molecule has 6 heteroatoms. The van der Waals surface area contributed by atoms with E-state index < -0.39 is 0 Å². The molecule has 4 rings (SSSR count). The molecular weight excluding hydrogens is 360 g/mol. The molecule has 144 valence electrons. The van der Waals surface area contributed by atoms with Gasteiger partial charge in [-0.15, -0.1) is 0 Å². The first-order chi connectivity index (χ1) is 13.0. The minimum absolute atomic E-state index is 0.110. The van der Waals surface area contributed by atoms with Crippen LogP contribution in [0.25, 0.3) is 10.9 Å². The van der Waals surface area contributed by atoms with Gasteiger partial charge in [0, 0.05) is 41.4 Å². The van der Waals surface area contributed by atoms with E-state index in [-0.39, 0.29) is 11.9 Å². The largest absolute Gasteiger partial charge is 0.354 e. The molecule has 2 aromatic rings. The minimum Gasteiger partial charge on any atom is -0.354 e. The van der Waals surface area contributed by atoms with Gasteiger partial charge >= 0.3 is 0 Å². The number of carbonyl (C=O) groups is 1. The number of nitrogens with zero attached hydrogens (tertiary/aromatic N) is 3. The van der Waals surface area contributed by atoms with Crippen LogP contribution in [0.15, 0.2) is 18.2 Å². The van der Waals surface area contributed by atoms with E-state index >= 15 is 0 Å². The number of nitrogens with one attached hydrogen (secondary N) is 1. The van der Waals surface area contributed by atoms with Crippen molar-refractivity contribution in [2.75, 3.05) is 11.4 Å². The van der Waals surface area contributed by atoms with E-state index in [0.29, 0.717) is 29.9 Å². The molecule has 27 heavy (non-hydrogen) atoms. The Morgan fingerprint density at radius 2 is 2.07 bits per heavy atom. The van der Waals surface area contributed by atoms with Crippen molar-refractivity contribution >= 4 is 34.2 Å². The molecule has 5 nitrogen and oxygen atoms in total. The van der Waals surface area contributed by atoms with E-state index in [1.807, 2.05) is 25.1 Å². The quantitative estimate of drug-likeness (QED) is 0.728. The zero-order chi connectivity index (χ0) is 19.0. The first-order valence-electron chi connectivity index (χ1n) is 10.1. The van der Waals surface area contributed by atoms with Crippen LogP contribution in [0.3, 0.4) is 0 Å². The summed E-state index contributed by atoms with van der Waals surface area (Å²) in [6.45, 7) is 4.81. The number of hydrogen-bond acceptors (Lipinski definition) is 4. The average molecular weight is 387 g/mol. The standard InChI is InChI=1S/C21H27ClN4O/c1-3-13(2)23-19(27)10-11-26(16-7-8-16)21-17-9-6-15(22)12-18(17)24-20(25-21)14-4-5-14/h6,9,12-14,16H,3-5,7-8,10-11H2,1-2H3,(H,23,27)/t13-/m0/s1. The van der Waals surface area contributed by atoms with Gasteiger partial charge in [-0.2, -0.15) is 0 Å². The third-order valence-electron chi connectivity index (χ3n) is 5.46. The van der Waals surface area contributed by atoms with Crippen molar-refractivity contribution in [2.24, 2.45) is 0 Å². The SMILES string of the molecule is CC[C@H](C)NC(=O)CCN(c1nc(C2CC2)nc2cc(Cl)ccc12)C1CC1. The van der Waals surface area contributed by atoms with Crippen molar-refractivity contribution in [3.05, 3.63) is 29.0 Å². The van der Waals surface area contributed by atoms with Crippen molar-refractivity contribution in [3.8, 4) is 0 Å². The number of amides is 1. The van der Waals surface area contributed by atoms with Crippen molar-refractivity contribution in [1.82, 2.24) is 15.3 Å². The van der Waals surface area contributed by atoms with E-state index in [1.54, 1.807) is 0 Å². The summed E-state index contributed by atoms with van der Waals surface area (Å²) in [5, 5.41) is 4.78. The Morgan fingerprint density at radius 3 is 2.74 bits per heavy atom. The first kappa shape index (κ1) is 18.5. The molecule has 2 aliphatic rings. The lowest BCUT2D eigenvalue weighted by atomic mass is 10.2. The third kappa shape index (κ3) is 4.34. The molecular formula is C21H27ClN4O. The van der Waals surface area contributed by atoms with E-state index in [0.717, 1.165) is 54.6 Å². The molecule has 0 saturated heterocycles. The van der Waals surface area contributed by atoms with Crippen LogP contribution in [-0.4, -0.2) is 34.5 Å². The lowest BCUT2D eigenvalue weighted by Crippen LogP contribution is -2.36. The maximum Gasteiger partial charge on any atom is 0.221 e. The van der Waals surface area contributed by atoms with Crippen LogP contribution in [0.1, 0.15) is 64.1 Å². The monoisotopic (exact) mass is 386 g/mol. The lowest BCUT2D eigenvalue weighted by Gasteiger charge is -2.25. The molecule has 0 aliphatic heterocycles. The van der Waals surface area contributed by atoms with Crippen molar-refractivity contribution in [2.45, 2.75) is 70.4 Å². The van der Waals surface area contributed by atoms with Crippen LogP contribution < -0.4 is 10.2 Å². The summed E-state index contributed by atoms with van der Waals surface area (Å²) in [7, 11) is 0. The Bertz CT molecular complexity index is 847. The highest BCUT2D eigenvalue weighted by molar-refractivity contribution is 6.31. The van der Waals surface area contributed by atoms with Gasteiger partial charge in [0.1, 0.15) is 11.6 Å². The van der Waals surface area contributed by atoms with Gasteiger partial charge in [0.15, 0.2) is 0 Å². The van der Waals surface area contributed by atoms with Gasteiger partial charge in [-0.1, -0.05) is 18.5 Å². The molecule has 1 N–H and O–H groups in total. The van der Waals surface area contributed by atoms with Crippen LogP contribution in [-0.2, 0) is 4.79 Å². The lowest BCUT2D eigenvalue weighted by molar-refractivity contribution is -0.121. The number of hydrogen-bond donors (Lipinski definition) is 1. The number of fused-ring (bicyclic) bond motifs is 1. The number of anilines is 1. The molecule has 2 aliphatic carbocycles. The predicted octanol–water partition coefficient (Wildman–Crippen LogP) is 4.43. The highest BCUT2D eigenvalue weighted by Gasteiger charge is 2.33. The minimum atomic E-state index is 0.110. The van der Waals surface area contributed by atoms with Gasteiger partial charge in [0.05, 0.1) is 5.52 Å². The third-order valence-corrected chi connectivity index (χ3v) is 5.69. The molecule has 0 bridgehead atoms. The van der Waals surface area contributed by atoms with Crippen molar-refractivity contribution in [3.63, 3.8) is 0 Å². The summed E-state index contributed by atoms with van der Waals surface area (Å²) < 4.78 is 0.